The Hall–Kier alpha value is -1.56. The molecule has 2 atom stereocenters. The van der Waals surface area contributed by atoms with E-state index in [2.05, 4.69) is 21.8 Å². The van der Waals surface area contributed by atoms with Crippen LogP contribution in [0.15, 0.2) is 30.3 Å². The molecule has 1 N–H and O–H groups in total. The number of carbonyl (C=O) groups excluding carboxylic acids is 1. The first-order chi connectivity index (χ1) is 12.7. The maximum atomic E-state index is 12.6. The van der Waals surface area contributed by atoms with Gasteiger partial charge in [0.2, 0.25) is 0 Å². The van der Waals surface area contributed by atoms with Crippen molar-refractivity contribution in [1.82, 2.24) is 9.69 Å². The van der Waals surface area contributed by atoms with E-state index in [-0.39, 0.29) is 5.78 Å². The molecular formula is C21H26N2O2S. The van der Waals surface area contributed by atoms with E-state index < -0.39 is 0 Å². The zero-order valence-electron chi connectivity index (χ0n) is 15.2. The number of hydrogen-bond donors (Lipinski definition) is 1. The number of aromatic nitrogens is 1. The largest absolute Gasteiger partial charge is 0.381 e. The van der Waals surface area contributed by atoms with E-state index in [0.717, 1.165) is 41.8 Å². The van der Waals surface area contributed by atoms with Crippen molar-refractivity contribution in [2.45, 2.75) is 44.6 Å². The summed E-state index contributed by atoms with van der Waals surface area (Å²) in [5.74, 6) is 1.48. The van der Waals surface area contributed by atoms with Crippen molar-refractivity contribution in [1.29, 1.82) is 0 Å². The molecule has 2 aliphatic rings. The molecule has 1 saturated carbocycles. The van der Waals surface area contributed by atoms with Crippen LogP contribution in [0, 0.1) is 12.8 Å². The van der Waals surface area contributed by atoms with E-state index >= 15 is 0 Å². The Morgan fingerprint density at radius 2 is 2.15 bits per heavy atom. The Morgan fingerprint density at radius 3 is 2.92 bits per heavy atom. The Morgan fingerprint density at radius 1 is 1.31 bits per heavy atom. The highest BCUT2D eigenvalue weighted by Crippen LogP contribution is 2.41. The van der Waals surface area contributed by atoms with Gasteiger partial charge in [0.25, 0.3) is 0 Å². The van der Waals surface area contributed by atoms with E-state index in [1.54, 1.807) is 0 Å². The average molecular weight is 371 g/mol. The van der Waals surface area contributed by atoms with Gasteiger partial charge in [0.15, 0.2) is 5.78 Å². The minimum absolute atomic E-state index is 0.183. The molecule has 1 saturated heterocycles. The van der Waals surface area contributed by atoms with Crippen molar-refractivity contribution < 1.29 is 9.53 Å². The van der Waals surface area contributed by atoms with E-state index in [9.17, 15) is 4.79 Å². The summed E-state index contributed by atoms with van der Waals surface area (Å²) in [6.45, 7) is 4.87. The summed E-state index contributed by atoms with van der Waals surface area (Å²) in [6, 6.07) is 10.8. The molecule has 4 rings (SSSR count). The van der Waals surface area contributed by atoms with Gasteiger partial charge in [-0.3, -0.25) is 4.79 Å². The van der Waals surface area contributed by atoms with Gasteiger partial charge in [-0.05, 0) is 67.9 Å². The van der Waals surface area contributed by atoms with Gasteiger partial charge in [-0.25, -0.2) is 0 Å². The van der Waals surface area contributed by atoms with Crippen molar-refractivity contribution in [3.05, 3.63) is 52.0 Å². The standard InChI is InChI=1S/C21H26N2O2S/c1-14-9-18(26-23-14)11-21(24)17-4-2-3-16(10-17)19-12-20(19)22-13-15-5-7-25-8-6-15/h2-4,9-10,15,19-20,22H,5-8,11-13H2,1H3. The summed E-state index contributed by atoms with van der Waals surface area (Å²) in [7, 11) is 0. The van der Waals surface area contributed by atoms with Gasteiger partial charge in [0, 0.05) is 42.0 Å². The van der Waals surface area contributed by atoms with E-state index in [0.29, 0.717) is 18.4 Å². The fraction of sp³-hybridized carbons (Fsp3) is 0.524. The molecule has 1 aromatic heterocycles. The number of rotatable bonds is 7. The highest BCUT2D eigenvalue weighted by atomic mass is 32.1. The summed E-state index contributed by atoms with van der Waals surface area (Å²) < 4.78 is 9.69. The molecule has 1 aliphatic carbocycles. The number of aryl methyl sites for hydroxylation is 1. The van der Waals surface area contributed by atoms with Gasteiger partial charge in [-0.2, -0.15) is 4.37 Å². The average Bonchev–Trinajstić information content (AvgIpc) is 3.34. The fourth-order valence-corrected chi connectivity index (χ4v) is 4.49. The molecule has 2 heterocycles. The van der Waals surface area contributed by atoms with Crippen LogP contribution in [-0.4, -0.2) is 36.0 Å². The van der Waals surface area contributed by atoms with Crippen molar-refractivity contribution in [3.8, 4) is 0 Å². The minimum Gasteiger partial charge on any atom is -0.381 e. The predicted octanol–water partition coefficient (Wildman–Crippen LogP) is 3.75. The third kappa shape index (κ3) is 4.40. The number of nitrogens with one attached hydrogen (secondary N) is 1. The predicted molar refractivity (Wildman–Crippen MR) is 104 cm³/mol. The van der Waals surface area contributed by atoms with Crippen LogP contribution in [0.5, 0.6) is 0 Å². The van der Waals surface area contributed by atoms with Crippen LogP contribution in [0.4, 0.5) is 0 Å². The monoisotopic (exact) mass is 370 g/mol. The van der Waals surface area contributed by atoms with Crippen molar-refractivity contribution in [3.63, 3.8) is 0 Å². The number of hydrogen-bond acceptors (Lipinski definition) is 5. The van der Waals surface area contributed by atoms with Crippen molar-refractivity contribution in [2.24, 2.45) is 5.92 Å². The SMILES string of the molecule is Cc1cc(CC(=O)c2cccc(C3CC3NCC3CCOCC3)c2)sn1. The van der Waals surface area contributed by atoms with Gasteiger partial charge in [-0.15, -0.1) is 0 Å². The molecule has 4 nitrogen and oxygen atoms in total. The molecule has 0 spiro atoms. The van der Waals surface area contributed by atoms with Gasteiger partial charge in [0.05, 0.1) is 5.69 Å². The van der Waals surface area contributed by atoms with Crippen LogP contribution >= 0.6 is 11.5 Å². The van der Waals surface area contributed by atoms with Crippen LogP contribution in [0.2, 0.25) is 0 Å². The fourth-order valence-electron chi connectivity index (χ4n) is 3.76. The molecule has 2 aromatic rings. The van der Waals surface area contributed by atoms with Crippen molar-refractivity contribution >= 4 is 17.3 Å². The molecule has 26 heavy (non-hydrogen) atoms. The second kappa shape index (κ2) is 7.99. The zero-order valence-corrected chi connectivity index (χ0v) is 16.1. The van der Waals surface area contributed by atoms with Crippen LogP contribution < -0.4 is 5.32 Å². The van der Waals surface area contributed by atoms with Crippen LogP contribution in [0.3, 0.4) is 0 Å². The van der Waals surface area contributed by atoms with Crippen molar-refractivity contribution in [2.75, 3.05) is 19.8 Å². The molecule has 0 bridgehead atoms. The number of ketones is 1. The molecule has 5 heteroatoms. The third-order valence-corrected chi connectivity index (χ3v) is 6.32. The van der Waals surface area contributed by atoms with E-state index in [1.807, 2.05) is 25.1 Å². The van der Waals surface area contributed by atoms with Crippen LogP contribution in [0.1, 0.15) is 51.7 Å². The zero-order chi connectivity index (χ0) is 17.9. The summed E-state index contributed by atoms with van der Waals surface area (Å²) in [5, 5.41) is 3.72. The topological polar surface area (TPSA) is 51.2 Å². The lowest BCUT2D eigenvalue weighted by Crippen LogP contribution is -2.29. The van der Waals surface area contributed by atoms with Gasteiger partial charge < -0.3 is 10.1 Å². The first-order valence-electron chi connectivity index (χ1n) is 9.55. The number of benzene rings is 1. The summed E-state index contributed by atoms with van der Waals surface area (Å²) in [4.78, 5) is 13.6. The minimum atomic E-state index is 0.183. The Balaban J connectivity index is 1.32. The number of carbonyl (C=O) groups is 1. The first kappa shape index (κ1) is 17.8. The number of nitrogens with zero attached hydrogens (tertiary/aromatic N) is 1. The Kier molecular flexibility index (Phi) is 5.48. The normalized spacial score (nSPS) is 23.1. The summed E-state index contributed by atoms with van der Waals surface area (Å²) in [5.41, 5.74) is 3.10. The van der Waals surface area contributed by atoms with Crippen LogP contribution in [0.25, 0.3) is 0 Å². The molecule has 0 amide bonds. The summed E-state index contributed by atoms with van der Waals surface area (Å²) in [6.07, 6.45) is 3.97. The smallest absolute Gasteiger partial charge is 0.168 e. The molecule has 1 aliphatic heterocycles. The molecule has 1 aromatic carbocycles. The van der Waals surface area contributed by atoms with E-state index in [4.69, 9.17) is 4.74 Å². The second-order valence-corrected chi connectivity index (χ2v) is 8.46. The quantitative estimate of drug-likeness (QED) is 0.754. The van der Waals surface area contributed by atoms with Gasteiger partial charge >= 0.3 is 0 Å². The molecule has 0 radical (unpaired) electrons. The highest BCUT2D eigenvalue weighted by Gasteiger charge is 2.38. The molecule has 138 valence electrons. The maximum Gasteiger partial charge on any atom is 0.168 e. The molecule has 2 fully saturated rings. The first-order valence-corrected chi connectivity index (χ1v) is 10.3. The Labute approximate surface area is 159 Å². The maximum absolute atomic E-state index is 12.6. The lowest BCUT2D eigenvalue weighted by atomic mass is 10.00. The third-order valence-electron chi connectivity index (χ3n) is 5.45. The van der Waals surface area contributed by atoms with Crippen LogP contribution in [-0.2, 0) is 11.2 Å². The lowest BCUT2D eigenvalue weighted by molar-refractivity contribution is 0.0662. The van der Waals surface area contributed by atoms with Gasteiger partial charge in [0.1, 0.15) is 0 Å². The van der Waals surface area contributed by atoms with Gasteiger partial charge in [-0.1, -0.05) is 18.2 Å². The Bertz CT molecular complexity index is 767. The number of Topliss-reactive ketones (excluding diaryl/α,β-unsaturated/α-hetero) is 1. The highest BCUT2D eigenvalue weighted by molar-refractivity contribution is 7.05. The second-order valence-electron chi connectivity index (χ2n) is 7.57. The molecule has 2 unspecified atom stereocenters. The summed E-state index contributed by atoms with van der Waals surface area (Å²) >= 11 is 1.43. The number of ether oxygens (including phenoxy) is 1. The van der Waals surface area contributed by atoms with E-state index in [1.165, 1.54) is 36.4 Å². The molecular weight excluding hydrogens is 344 g/mol. The lowest BCUT2D eigenvalue weighted by Gasteiger charge is -2.22.